The predicted molar refractivity (Wildman–Crippen MR) is 70.3 cm³/mol. The van der Waals surface area contributed by atoms with Crippen molar-refractivity contribution in [1.29, 1.82) is 0 Å². The average molecular weight is 233 g/mol. The van der Waals surface area contributed by atoms with Gasteiger partial charge in [-0.15, -0.1) is 0 Å². The lowest BCUT2D eigenvalue weighted by molar-refractivity contribution is 0.278. The lowest BCUT2D eigenvalue weighted by Crippen LogP contribution is -2.15. The third-order valence-corrected chi connectivity index (χ3v) is 2.65. The van der Waals surface area contributed by atoms with Crippen molar-refractivity contribution in [3.8, 4) is 0 Å². The molecule has 0 unspecified atom stereocenters. The summed E-state index contributed by atoms with van der Waals surface area (Å²) in [4.78, 5) is 4.57. The van der Waals surface area contributed by atoms with Crippen LogP contribution in [0.15, 0.2) is 18.2 Å². The number of hydrogen-bond acceptors (Lipinski definition) is 3. The maximum Gasteiger partial charge on any atom is 0.204 e. The van der Waals surface area contributed by atoms with Crippen LogP contribution in [0.1, 0.15) is 19.4 Å². The first-order chi connectivity index (χ1) is 8.11. The molecule has 4 heteroatoms. The molecule has 0 radical (unpaired) electrons. The molecule has 1 heterocycles. The number of hydrogen-bond donors (Lipinski definition) is 2. The Labute approximate surface area is 101 Å². The zero-order valence-corrected chi connectivity index (χ0v) is 10.6. The molecule has 0 aliphatic carbocycles. The van der Waals surface area contributed by atoms with Crippen LogP contribution in [0.3, 0.4) is 0 Å². The Morgan fingerprint density at radius 1 is 1.41 bits per heavy atom. The first kappa shape index (κ1) is 11.9. The fourth-order valence-electron chi connectivity index (χ4n) is 1.93. The predicted octanol–water partition coefficient (Wildman–Crippen LogP) is 2.16. The smallest absolute Gasteiger partial charge is 0.204 e. The summed E-state index contributed by atoms with van der Waals surface area (Å²) in [6.07, 6.45) is 0. The van der Waals surface area contributed by atoms with Gasteiger partial charge in [0, 0.05) is 12.6 Å². The van der Waals surface area contributed by atoms with Crippen LogP contribution in [0.4, 0.5) is 5.95 Å². The van der Waals surface area contributed by atoms with E-state index in [9.17, 15) is 0 Å². The van der Waals surface area contributed by atoms with E-state index in [2.05, 4.69) is 49.3 Å². The highest BCUT2D eigenvalue weighted by Gasteiger charge is 2.10. The van der Waals surface area contributed by atoms with E-state index in [1.54, 1.807) is 0 Å². The first-order valence-electron chi connectivity index (χ1n) is 5.96. The second-order valence-corrected chi connectivity index (χ2v) is 4.60. The summed E-state index contributed by atoms with van der Waals surface area (Å²) in [6.45, 7) is 6.89. The number of imidazole rings is 1. The molecule has 0 bridgehead atoms. The van der Waals surface area contributed by atoms with Gasteiger partial charge in [0.25, 0.3) is 0 Å². The van der Waals surface area contributed by atoms with E-state index in [4.69, 9.17) is 5.11 Å². The molecule has 4 nitrogen and oxygen atoms in total. The molecule has 2 aromatic rings. The van der Waals surface area contributed by atoms with E-state index < -0.39 is 0 Å². The van der Waals surface area contributed by atoms with Crippen LogP contribution in [0, 0.1) is 6.92 Å². The first-order valence-corrected chi connectivity index (χ1v) is 5.96. The summed E-state index contributed by atoms with van der Waals surface area (Å²) in [5.74, 6) is 0.828. The van der Waals surface area contributed by atoms with Gasteiger partial charge in [0.2, 0.25) is 5.95 Å². The number of aryl methyl sites for hydroxylation is 1. The minimum atomic E-state index is 0.117. The largest absolute Gasteiger partial charge is 0.395 e. The molecule has 17 heavy (non-hydrogen) atoms. The molecular weight excluding hydrogens is 214 g/mol. The van der Waals surface area contributed by atoms with Crippen LogP contribution in [-0.4, -0.2) is 27.3 Å². The third kappa shape index (κ3) is 2.42. The fourth-order valence-corrected chi connectivity index (χ4v) is 1.93. The summed E-state index contributed by atoms with van der Waals surface area (Å²) in [6, 6.07) is 6.51. The second-order valence-electron chi connectivity index (χ2n) is 4.60. The van der Waals surface area contributed by atoms with Gasteiger partial charge in [-0.3, -0.25) is 0 Å². The van der Waals surface area contributed by atoms with E-state index >= 15 is 0 Å². The van der Waals surface area contributed by atoms with Crippen LogP contribution in [0.2, 0.25) is 0 Å². The minimum absolute atomic E-state index is 0.117. The van der Waals surface area contributed by atoms with Crippen molar-refractivity contribution in [2.24, 2.45) is 0 Å². The zero-order chi connectivity index (χ0) is 12.4. The number of benzene rings is 1. The number of aromatic nitrogens is 2. The lowest BCUT2D eigenvalue weighted by Gasteiger charge is -2.11. The Bertz CT molecular complexity index is 517. The number of fused-ring (bicyclic) bond motifs is 1. The fraction of sp³-hybridized carbons (Fsp3) is 0.462. The van der Waals surface area contributed by atoms with Gasteiger partial charge in [-0.05, 0) is 38.5 Å². The quantitative estimate of drug-likeness (QED) is 0.850. The Balaban J connectivity index is 2.53. The standard InChI is InChI=1S/C13H19N3O/c1-9(2)14-13-15-11-8-10(3)4-5-12(11)16(13)6-7-17/h4-5,8-9,17H,6-7H2,1-3H3,(H,14,15). The van der Waals surface area contributed by atoms with Crippen molar-refractivity contribution in [3.63, 3.8) is 0 Å². The number of rotatable bonds is 4. The van der Waals surface area contributed by atoms with E-state index in [0.29, 0.717) is 12.6 Å². The summed E-state index contributed by atoms with van der Waals surface area (Å²) in [5, 5.41) is 12.4. The van der Waals surface area contributed by atoms with Gasteiger partial charge in [0.05, 0.1) is 17.6 Å². The van der Waals surface area contributed by atoms with Gasteiger partial charge in [-0.25, -0.2) is 4.98 Å². The Morgan fingerprint density at radius 3 is 2.82 bits per heavy atom. The highest BCUT2D eigenvalue weighted by Crippen LogP contribution is 2.21. The lowest BCUT2D eigenvalue weighted by atomic mass is 10.2. The van der Waals surface area contributed by atoms with Crippen molar-refractivity contribution in [3.05, 3.63) is 23.8 Å². The number of nitrogens with zero attached hydrogens (tertiary/aromatic N) is 2. The van der Waals surface area contributed by atoms with Crippen molar-refractivity contribution in [2.75, 3.05) is 11.9 Å². The number of anilines is 1. The maximum atomic E-state index is 9.13. The van der Waals surface area contributed by atoms with E-state index in [-0.39, 0.29) is 6.61 Å². The molecule has 2 N–H and O–H groups in total. The molecule has 0 atom stereocenters. The topological polar surface area (TPSA) is 50.1 Å². The molecular formula is C13H19N3O. The van der Waals surface area contributed by atoms with Crippen molar-refractivity contribution in [1.82, 2.24) is 9.55 Å². The van der Waals surface area contributed by atoms with Gasteiger partial charge in [0.15, 0.2) is 0 Å². The zero-order valence-electron chi connectivity index (χ0n) is 10.6. The van der Waals surface area contributed by atoms with Crippen molar-refractivity contribution in [2.45, 2.75) is 33.4 Å². The summed E-state index contributed by atoms with van der Waals surface area (Å²) in [5.41, 5.74) is 3.23. The van der Waals surface area contributed by atoms with Gasteiger partial charge in [0.1, 0.15) is 0 Å². The van der Waals surface area contributed by atoms with Gasteiger partial charge in [-0.2, -0.15) is 0 Å². The summed E-state index contributed by atoms with van der Waals surface area (Å²) < 4.78 is 2.02. The van der Waals surface area contributed by atoms with Crippen molar-refractivity contribution >= 4 is 17.0 Å². The molecule has 1 aromatic carbocycles. The number of nitrogens with one attached hydrogen (secondary N) is 1. The monoisotopic (exact) mass is 233 g/mol. The summed E-state index contributed by atoms with van der Waals surface area (Å²) in [7, 11) is 0. The SMILES string of the molecule is Cc1ccc2c(c1)nc(NC(C)C)n2CCO. The van der Waals surface area contributed by atoms with Gasteiger partial charge >= 0.3 is 0 Å². The number of aliphatic hydroxyl groups is 1. The molecule has 0 saturated heterocycles. The van der Waals surface area contributed by atoms with E-state index in [1.807, 2.05) is 4.57 Å². The van der Waals surface area contributed by atoms with E-state index in [0.717, 1.165) is 17.0 Å². The third-order valence-electron chi connectivity index (χ3n) is 2.65. The van der Waals surface area contributed by atoms with Crippen LogP contribution >= 0.6 is 0 Å². The van der Waals surface area contributed by atoms with Crippen LogP contribution in [0.5, 0.6) is 0 Å². The minimum Gasteiger partial charge on any atom is -0.395 e. The Kier molecular flexibility index (Phi) is 3.33. The highest BCUT2D eigenvalue weighted by atomic mass is 16.3. The van der Waals surface area contributed by atoms with Gasteiger partial charge < -0.3 is 15.0 Å². The number of aliphatic hydroxyl groups excluding tert-OH is 1. The molecule has 0 fully saturated rings. The molecule has 0 aliphatic rings. The molecule has 0 saturated carbocycles. The van der Waals surface area contributed by atoms with Crippen LogP contribution in [-0.2, 0) is 6.54 Å². The van der Waals surface area contributed by atoms with Crippen molar-refractivity contribution < 1.29 is 5.11 Å². The molecule has 2 rings (SSSR count). The molecule has 92 valence electrons. The Morgan fingerprint density at radius 2 is 2.18 bits per heavy atom. The second kappa shape index (κ2) is 4.75. The summed E-state index contributed by atoms with van der Waals surface area (Å²) >= 11 is 0. The van der Waals surface area contributed by atoms with Gasteiger partial charge in [-0.1, -0.05) is 6.07 Å². The van der Waals surface area contributed by atoms with E-state index in [1.165, 1.54) is 5.56 Å². The molecule has 0 aliphatic heterocycles. The molecule has 1 aromatic heterocycles. The normalized spacial score (nSPS) is 11.4. The highest BCUT2D eigenvalue weighted by molar-refractivity contribution is 5.79. The average Bonchev–Trinajstić information content (AvgIpc) is 2.55. The van der Waals surface area contributed by atoms with Crippen LogP contribution in [0.25, 0.3) is 11.0 Å². The molecule has 0 amide bonds. The maximum absolute atomic E-state index is 9.13. The van der Waals surface area contributed by atoms with Crippen LogP contribution < -0.4 is 5.32 Å². The molecule has 0 spiro atoms. The Hall–Kier alpha value is -1.55.